The molecule has 106 valence electrons. The third-order valence-corrected chi connectivity index (χ3v) is 3.99. The van der Waals surface area contributed by atoms with Gasteiger partial charge < -0.3 is 9.84 Å². The second-order valence-corrected chi connectivity index (χ2v) is 5.57. The van der Waals surface area contributed by atoms with E-state index < -0.39 is 21.6 Å². The molecule has 2 rings (SSSR count). The first-order valence-corrected chi connectivity index (χ1v) is 7.07. The maximum Gasteiger partial charge on any atom is 0.265 e. The Morgan fingerprint density at radius 2 is 1.90 bits per heavy atom. The molecule has 0 bridgehead atoms. The summed E-state index contributed by atoms with van der Waals surface area (Å²) in [6.07, 6.45) is 0. The topological polar surface area (TPSA) is 75.6 Å². The fourth-order valence-electron chi connectivity index (χ4n) is 1.59. The van der Waals surface area contributed by atoms with Crippen molar-refractivity contribution < 1.29 is 22.7 Å². The van der Waals surface area contributed by atoms with Gasteiger partial charge in [-0.05, 0) is 24.3 Å². The van der Waals surface area contributed by atoms with Crippen molar-refractivity contribution in [3.63, 3.8) is 0 Å². The van der Waals surface area contributed by atoms with Crippen LogP contribution in [-0.4, -0.2) is 20.6 Å². The first-order chi connectivity index (χ1) is 9.44. The number of para-hydroxylation sites is 1. The zero-order valence-electron chi connectivity index (χ0n) is 10.5. The third kappa shape index (κ3) is 2.83. The monoisotopic (exact) mass is 297 g/mol. The molecule has 0 aliphatic heterocycles. The molecule has 0 atom stereocenters. The molecule has 0 amide bonds. The Bertz CT molecular complexity index is 731. The number of hydrogen-bond acceptors (Lipinski definition) is 4. The van der Waals surface area contributed by atoms with Crippen LogP contribution >= 0.6 is 0 Å². The van der Waals surface area contributed by atoms with E-state index in [1.807, 2.05) is 0 Å². The number of nitrogens with one attached hydrogen (secondary N) is 1. The van der Waals surface area contributed by atoms with Gasteiger partial charge >= 0.3 is 0 Å². The summed E-state index contributed by atoms with van der Waals surface area (Å²) in [7, 11) is -2.70. The number of hydrogen-bond donors (Lipinski definition) is 2. The molecule has 2 aromatic carbocycles. The predicted molar refractivity (Wildman–Crippen MR) is 71.9 cm³/mol. The van der Waals surface area contributed by atoms with Gasteiger partial charge in [0, 0.05) is 6.07 Å². The summed E-state index contributed by atoms with van der Waals surface area (Å²) in [5, 5.41) is 9.56. The zero-order chi connectivity index (χ0) is 14.8. The minimum absolute atomic E-state index is 0.257. The quantitative estimate of drug-likeness (QED) is 0.908. The smallest absolute Gasteiger partial charge is 0.265 e. The number of rotatable bonds is 4. The molecule has 0 aliphatic carbocycles. The van der Waals surface area contributed by atoms with Crippen molar-refractivity contribution in [3.8, 4) is 11.5 Å². The van der Waals surface area contributed by atoms with E-state index in [0.29, 0.717) is 5.75 Å². The molecular weight excluding hydrogens is 285 g/mol. The Morgan fingerprint density at radius 1 is 1.20 bits per heavy atom. The highest BCUT2D eigenvalue weighted by Gasteiger charge is 2.20. The molecule has 0 fully saturated rings. The van der Waals surface area contributed by atoms with E-state index in [-0.39, 0.29) is 10.6 Å². The Balaban J connectivity index is 2.41. The van der Waals surface area contributed by atoms with Crippen LogP contribution in [-0.2, 0) is 10.0 Å². The Hall–Kier alpha value is -2.28. The third-order valence-electron chi connectivity index (χ3n) is 2.57. The summed E-state index contributed by atoms with van der Waals surface area (Å²) in [5.41, 5.74) is -0.257. The van der Waals surface area contributed by atoms with Gasteiger partial charge in [-0.2, -0.15) is 0 Å². The minimum Gasteiger partial charge on any atom is -0.507 e. The molecule has 0 unspecified atom stereocenters. The van der Waals surface area contributed by atoms with Gasteiger partial charge in [0.2, 0.25) is 0 Å². The average molecular weight is 297 g/mol. The molecular formula is C13H12FNO4S. The summed E-state index contributed by atoms with van der Waals surface area (Å²) in [6.45, 7) is 0. The van der Waals surface area contributed by atoms with Crippen LogP contribution in [0.1, 0.15) is 0 Å². The van der Waals surface area contributed by atoms with Crippen LogP contribution in [0.25, 0.3) is 0 Å². The second-order valence-electron chi connectivity index (χ2n) is 3.92. The predicted octanol–water partition coefficient (Wildman–Crippen LogP) is 2.34. The van der Waals surface area contributed by atoms with E-state index in [2.05, 4.69) is 4.72 Å². The van der Waals surface area contributed by atoms with Gasteiger partial charge in [0.1, 0.15) is 22.2 Å². The average Bonchev–Trinajstić information content (AvgIpc) is 2.41. The van der Waals surface area contributed by atoms with Crippen molar-refractivity contribution in [2.75, 3.05) is 11.8 Å². The molecule has 0 aromatic heterocycles. The summed E-state index contributed by atoms with van der Waals surface area (Å²) >= 11 is 0. The van der Waals surface area contributed by atoms with Crippen LogP contribution in [0.3, 0.4) is 0 Å². The first-order valence-electron chi connectivity index (χ1n) is 5.58. The molecule has 0 saturated carbocycles. The van der Waals surface area contributed by atoms with E-state index in [9.17, 15) is 17.9 Å². The molecule has 20 heavy (non-hydrogen) atoms. The Morgan fingerprint density at radius 3 is 2.55 bits per heavy atom. The summed E-state index contributed by atoms with van der Waals surface area (Å²) in [4.78, 5) is -0.331. The number of benzene rings is 2. The number of methoxy groups -OCH3 is 1. The molecule has 7 heteroatoms. The number of anilines is 1. The summed E-state index contributed by atoms with van der Waals surface area (Å²) in [6, 6.07) is 9.06. The number of aromatic hydroxyl groups is 1. The molecule has 5 nitrogen and oxygen atoms in total. The summed E-state index contributed by atoms with van der Waals surface area (Å²) < 4.78 is 44.8. The van der Waals surface area contributed by atoms with Crippen molar-refractivity contribution in [3.05, 3.63) is 48.3 Å². The number of ether oxygens (including phenoxy) is 1. The van der Waals surface area contributed by atoms with Gasteiger partial charge in [-0.3, -0.25) is 4.72 Å². The second kappa shape index (κ2) is 5.38. The standard InChI is InChI=1S/C13H12FNO4S/c1-19-9-6-7-10(14)11(8-9)15-20(17,18)13-5-3-2-4-12(13)16/h2-8,15-16H,1H3. The lowest BCUT2D eigenvalue weighted by Gasteiger charge is -2.11. The van der Waals surface area contributed by atoms with Gasteiger partial charge in [-0.1, -0.05) is 12.1 Å². The lowest BCUT2D eigenvalue weighted by molar-refractivity contribution is 0.414. The zero-order valence-corrected chi connectivity index (χ0v) is 11.3. The van der Waals surface area contributed by atoms with Crippen molar-refractivity contribution in [1.82, 2.24) is 0 Å². The molecule has 0 radical (unpaired) electrons. The van der Waals surface area contributed by atoms with Crippen molar-refractivity contribution in [2.45, 2.75) is 4.90 Å². The lowest BCUT2D eigenvalue weighted by atomic mass is 10.3. The van der Waals surface area contributed by atoms with Crippen LogP contribution in [0.5, 0.6) is 11.5 Å². The van der Waals surface area contributed by atoms with Crippen LogP contribution < -0.4 is 9.46 Å². The lowest BCUT2D eigenvalue weighted by Crippen LogP contribution is -2.14. The van der Waals surface area contributed by atoms with E-state index in [0.717, 1.165) is 6.07 Å². The first kappa shape index (κ1) is 14.1. The van der Waals surface area contributed by atoms with E-state index in [1.54, 1.807) is 0 Å². The van der Waals surface area contributed by atoms with Gasteiger partial charge in [0.15, 0.2) is 0 Å². The highest BCUT2D eigenvalue weighted by molar-refractivity contribution is 7.92. The van der Waals surface area contributed by atoms with E-state index in [1.165, 1.54) is 43.5 Å². The highest BCUT2D eigenvalue weighted by Crippen LogP contribution is 2.27. The molecule has 0 aliphatic rings. The molecule has 0 heterocycles. The van der Waals surface area contributed by atoms with Crippen molar-refractivity contribution in [1.29, 1.82) is 0 Å². The van der Waals surface area contributed by atoms with Crippen LogP contribution in [0.2, 0.25) is 0 Å². The van der Waals surface area contributed by atoms with Gasteiger partial charge in [0.05, 0.1) is 12.8 Å². The summed E-state index contributed by atoms with van der Waals surface area (Å²) in [5.74, 6) is -0.852. The Kier molecular flexibility index (Phi) is 3.80. The van der Waals surface area contributed by atoms with Gasteiger partial charge in [0.25, 0.3) is 10.0 Å². The maximum absolute atomic E-state index is 13.6. The molecule has 2 N–H and O–H groups in total. The van der Waals surface area contributed by atoms with E-state index >= 15 is 0 Å². The van der Waals surface area contributed by atoms with Gasteiger partial charge in [-0.15, -0.1) is 0 Å². The normalized spacial score (nSPS) is 11.1. The fourth-order valence-corrected chi connectivity index (χ4v) is 2.75. The van der Waals surface area contributed by atoms with Crippen molar-refractivity contribution in [2.24, 2.45) is 0 Å². The van der Waals surface area contributed by atoms with Crippen LogP contribution in [0.4, 0.5) is 10.1 Å². The minimum atomic E-state index is -4.09. The maximum atomic E-state index is 13.6. The SMILES string of the molecule is COc1ccc(F)c(NS(=O)(=O)c2ccccc2O)c1. The van der Waals surface area contributed by atoms with E-state index in [4.69, 9.17) is 4.74 Å². The number of phenolic OH excluding ortho intramolecular Hbond substituents is 1. The van der Waals surface area contributed by atoms with Crippen molar-refractivity contribution >= 4 is 15.7 Å². The van der Waals surface area contributed by atoms with Gasteiger partial charge in [-0.25, -0.2) is 12.8 Å². The molecule has 0 spiro atoms. The highest BCUT2D eigenvalue weighted by atomic mass is 32.2. The molecule has 0 saturated heterocycles. The largest absolute Gasteiger partial charge is 0.507 e. The van der Waals surface area contributed by atoms with Crippen LogP contribution in [0.15, 0.2) is 47.4 Å². The molecule has 2 aromatic rings. The number of sulfonamides is 1. The van der Waals surface area contributed by atoms with Crippen LogP contribution in [0, 0.1) is 5.82 Å². The Labute approximate surface area is 115 Å². The number of halogens is 1. The fraction of sp³-hybridized carbons (Fsp3) is 0.0769. The number of phenols is 1.